The lowest BCUT2D eigenvalue weighted by molar-refractivity contribution is 0.0972. The fourth-order valence-corrected chi connectivity index (χ4v) is 2.27. The Morgan fingerprint density at radius 2 is 2.00 bits per heavy atom. The van der Waals surface area contributed by atoms with E-state index < -0.39 is 0 Å². The Morgan fingerprint density at radius 1 is 1.25 bits per heavy atom. The van der Waals surface area contributed by atoms with E-state index in [0.717, 1.165) is 31.2 Å². The lowest BCUT2D eigenvalue weighted by Gasteiger charge is -2.25. The van der Waals surface area contributed by atoms with Gasteiger partial charge < -0.3 is 0 Å². The van der Waals surface area contributed by atoms with Crippen LogP contribution in [0, 0.1) is 0 Å². The first kappa shape index (κ1) is 11.4. The van der Waals surface area contributed by atoms with Crippen LogP contribution in [0.5, 0.6) is 0 Å². The van der Waals surface area contributed by atoms with E-state index in [1.54, 1.807) is 0 Å². The van der Waals surface area contributed by atoms with Crippen molar-refractivity contribution in [3.63, 3.8) is 0 Å². The van der Waals surface area contributed by atoms with Gasteiger partial charge in [-0.25, -0.2) is 0 Å². The second-order valence-electron chi connectivity index (χ2n) is 5.39. The minimum atomic E-state index is 0.218. The van der Waals surface area contributed by atoms with Crippen molar-refractivity contribution in [3.05, 3.63) is 34.9 Å². The average molecular weight is 216 g/mol. The first-order valence-corrected chi connectivity index (χ1v) is 6.21. The summed E-state index contributed by atoms with van der Waals surface area (Å²) in [5.41, 5.74) is 3.80. The van der Waals surface area contributed by atoms with E-state index in [0.29, 0.717) is 5.78 Å². The average Bonchev–Trinajstić information content (AvgIpc) is 2.29. The maximum atomic E-state index is 11.7. The number of aryl methyl sites for hydroxylation is 1. The third-order valence-electron chi connectivity index (χ3n) is 3.92. The zero-order chi connectivity index (χ0) is 11.8. The van der Waals surface area contributed by atoms with E-state index >= 15 is 0 Å². The van der Waals surface area contributed by atoms with E-state index in [4.69, 9.17) is 0 Å². The summed E-state index contributed by atoms with van der Waals surface area (Å²) < 4.78 is 0. The second kappa shape index (κ2) is 4.04. The van der Waals surface area contributed by atoms with Gasteiger partial charge in [-0.05, 0) is 35.8 Å². The smallest absolute Gasteiger partial charge is 0.163 e. The molecule has 0 spiro atoms. The summed E-state index contributed by atoms with van der Waals surface area (Å²) in [6, 6.07) is 6.41. The van der Waals surface area contributed by atoms with E-state index in [2.05, 4.69) is 32.9 Å². The zero-order valence-electron chi connectivity index (χ0n) is 10.5. The third kappa shape index (κ3) is 1.91. The predicted molar refractivity (Wildman–Crippen MR) is 67.0 cm³/mol. The molecule has 1 aromatic rings. The predicted octanol–water partition coefficient (Wildman–Crippen LogP) is 3.89. The number of carbonyl (C=O) groups excluding carboxylic acids is 1. The monoisotopic (exact) mass is 216 g/mol. The lowest BCUT2D eigenvalue weighted by Crippen LogP contribution is -2.18. The van der Waals surface area contributed by atoms with Crippen molar-refractivity contribution in [2.75, 3.05) is 0 Å². The van der Waals surface area contributed by atoms with E-state index in [1.807, 2.05) is 6.07 Å². The molecule has 0 aromatic heterocycles. The van der Waals surface area contributed by atoms with Gasteiger partial charge >= 0.3 is 0 Å². The Kier molecular flexibility index (Phi) is 2.88. The minimum Gasteiger partial charge on any atom is -0.294 e. The van der Waals surface area contributed by atoms with E-state index in [-0.39, 0.29) is 5.41 Å². The van der Waals surface area contributed by atoms with Gasteiger partial charge in [0, 0.05) is 12.0 Å². The maximum Gasteiger partial charge on any atom is 0.163 e. The molecule has 1 nitrogen and oxygen atoms in total. The van der Waals surface area contributed by atoms with Crippen LogP contribution in [0.25, 0.3) is 0 Å². The standard InChI is InChI=1S/C15H20O/c1-4-15(2,3)12-8-9-13-11(10-12)6-5-7-14(13)16/h8-10H,4-7H2,1-3H3. The van der Waals surface area contributed by atoms with Crippen LogP contribution in [-0.2, 0) is 11.8 Å². The summed E-state index contributed by atoms with van der Waals surface area (Å²) >= 11 is 0. The Hall–Kier alpha value is -1.11. The molecule has 1 heteroatoms. The molecular formula is C15H20O. The molecule has 1 aliphatic rings. The molecule has 0 atom stereocenters. The summed E-state index contributed by atoms with van der Waals surface area (Å²) in [7, 11) is 0. The van der Waals surface area contributed by atoms with Crippen LogP contribution < -0.4 is 0 Å². The Labute approximate surface area is 97.9 Å². The van der Waals surface area contributed by atoms with Crippen molar-refractivity contribution in [2.24, 2.45) is 0 Å². The van der Waals surface area contributed by atoms with Gasteiger partial charge in [-0.2, -0.15) is 0 Å². The highest BCUT2D eigenvalue weighted by Gasteiger charge is 2.22. The fourth-order valence-electron chi connectivity index (χ4n) is 2.27. The Balaban J connectivity index is 2.43. The van der Waals surface area contributed by atoms with Gasteiger partial charge in [0.05, 0.1) is 0 Å². The highest BCUT2D eigenvalue weighted by molar-refractivity contribution is 5.98. The van der Waals surface area contributed by atoms with Crippen molar-refractivity contribution >= 4 is 5.78 Å². The number of carbonyl (C=O) groups is 1. The quantitative estimate of drug-likeness (QED) is 0.733. The molecule has 0 N–H and O–H groups in total. The topological polar surface area (TPSA) is 17.1 Å². The normalized spacial score (nSPS) is 16.1. The molecule has 0 heterocycles. The molecule has 0 radical (unpaired) electrons. The first-order chi connectivity index (χ1) is 7.54. The van der Waals surface area contributed by atoms with Gasteiger partial charge in [-0.1, -0.05) is 39.0 Å². The van der Waals surface area contributed by atoms with Gasteiger partial charge in [-0.15, -0.1) is 0 Å². The molecule has 86 valence electrons. The van der Waals surface area contributed by atoms with Crippen molar-refractivity contribution in [1.29, 1.82) is 0 Å². The number of ketones is 1. The number of rotatable bonds is 2. The van der Waals surface area contributed by atoms with Crippen LogP contribution in [0.1, 0.15) is 61.5 Å². The van der Waals surface area contributed by atoms with Crippen LogP contribution in [0.4, 0.5) is 0 Å². The number of fused-ring (bicyclic) bond motifs is 1. The maximum absolute atomic E-state index is 11.7. The summed E-state index contributed by atoms with van der Waals surface area (Å²) in [5, 5.41) is 0. The number of hydrogen-bond acceptors (Lipinski definition) is 1. The lowest BCUT2D eigenvalue weighted by atomic mass is 9.79. The van der Waals surface area contributed by atoms with Crippen LogP contribution in [0.3, 0.4) is 0 Å². The first-order valence-electron chi connectivity index (χ1n) is 6.21. The summed E-state index contributed by atoms with van der Waals surface area (Å²) in [6.45, 7) is 6.74. The highest BCUT2D eigenvalue weighted by Crippen LogP contribution is 2.30. The Morgan fingerprint density at radius 3 is 2.69 bits per heavy atom. The van der Waals surface area contributed by atoms with Gasteiger partial charge in [-0.3, -0.25) is 4.79 Å². The number of hydrogen-bond donors (Lipinski definition) is 0. The van der Waals surface area contributed by atoms with Gasteiger partial charge in [0.15, 0.2) is 5.78 Å². The van der Waals surface area contributed by atoms with Crippen LogP contribution in [0.2, 0.25) is 0 Å². The van der Waals surface area contributed by atoms with Gasteiger partial charge in [0.2, 0.25) is 0 Å². The summed E-state index contributed by atoms with van der Waals surface area (Å²) in [6.07, 6.45) is 3.93. The fraction of sp³-hybridized carbons (Fsp3) is 0.533. The van der Waals surface area contributed by atoms with Crippen molar-refractivity contribution < 1.29 is 4.79 Å². The van der Waals surface area contributed by atoms with Crippen molar-refractivity contribution in [1.82, 2.24) is 0 Å². The molecule has 0 saturated heterocycles. The molecular weight excluding hydrogens is 196 g/mol. The summed E-state index contributed by atoms with van der Waals surface area (Å²) in [4.78, 5) is 11.7. The van der Waals surface area contributed by atoms with E-state index in [9.17, 15) is 4.79 Å². The van der Waals surface area contributed by atoms with Crippen LogP contribution in [0.15, 0.2) is 18.2 Å². The van der Waals surface area contributed by atoms with Gasteiger partial charge in [0.1, 0.15) is 0 Å². The molecule has 0 saturated carbocycles. The van der Waals surface area contributed by atoms with E-state index in [1.165, 1.54) is 11.1 Å². The van der Waals surface area contributed by atoms with Crippen molar-refractivity contribution in [3.8, 4) is 0 Å². The molecule has 1 aliphatic carbocycles. The SMILES string of the molecule is CCC(C)(C)c1ccc2c(c1)CCCC2=O. The van der Waals surface area contributed by atoms with Crippen molar-refractivity contribution in [2.45, 2.75) is 51.9 Å². The number of Topliss-reactive ketones (excluding diaryl/α,β-unsaturated/α-hetero) is 1. The van der Waals surface area contributed by atoms with Crippen LogP contribution >= 0.6 is 0 Å². The van der Waals surface area contributed by atoms with Crippen LogP contribution in [-0.4, -0.2) is 5.78 Å². The zero-order valence-corrected chi connectivity index (χ0v) is 10.5. The molecule has 0 bridgehead atoms. The largest absolute Gasteiger partial charge is 0.294 e. The minimum absolute atomic E-state index is 0.218. The van der Waals surface area contributed by atoms with Gasteiger partial charge in [0.25, 0.3) is 0 Å². The molecule has 0 unspecified atom stereocenters. The highest BCUT2D eigenvalue weighted by atomic mass is 16.1. The summed E-state index contributed by atoms with van der Waals surface area (Å²) in [5.74, 6) is 0.321. The Bertz CT molecular complexity index is 415. The number of benzene rings is 1. The second-order valence-corrected chi connectivity index (χ2v) is 5.39. The molecule has 0 fully saturated rings. The molecule has 0 aliphatic heterocycles. The molecule has 16 heavy (non-hydrogen) atoms. The molecule has 1 aromatic carbocycles. The third-order valence-corrected chi connectivity index (χ3v) is 3.92. The molecule has 0 amide bonds. The molecule has 2 rings (SSSR count).